The number of likely N-dealkylation sites (tertiary alicyclic amines) is 1. The van der Waals surface area contributed by atoms with Crippen molar-refractivity contribution in [3.8, 4) is 22.9 Å². The monoisotopic (exact) mass is 312 g/mol. The van der Waals surface area contributed by atoms with Gasteiger partial charge < -0.3 is 9.84 Å². The Labute approximate surface area is 137 Å². The van der Waals surface area contributed by atoms with Gasteiger partial charge in [-0.05, 0) is 49.6 Å². The molecule has 4 nitrogen and oxygen atoms in total. The molecule has 3 rings (SSSR count). The molecule has 1 aromatic carbocycles. The summed E-state index contributed by atoms with van der Waals surface area (Å²) in [5, 5.41) is 10.2. The van der Waals surface area contributed by atoms with E-state index in [9.17, 15) is 5.11 Å². The van der Waals surface area contributed by atoms with Gasteiger partial charge in [0.15, 0.2) is 0 Å². The van der Waals surface area contributed by atoms with E-state index in [0.717, 1.165) is 42.4 Å². The van der Waals surface area contributed by atoms with E-state index in [4.69, 9.17) is 4.74 Å². The fraction of sp³-hybridized carbons (Fsp3) is 0.421. The number of aromatic nitrogens is 1. The van der Waals surface area contributed by atoms with Crippen molar-refractivity contribution < 1.29 is 9.84 Å². The molecule has 2 heterocycles. The van der Waals surface area contributed by atoms with Gasteiger partial charge in [0.2, 0.25) is 5.88 Å². The van der Waals surface area contributed by atoms with Crippen LogP contribution >= 0.6 is 0 Å². The second kappa shape index (κ2) is 7.01. The first kappa shape index (κ1) is 15.8. The lowest BCUT2D eigenvalue weighted by atomic mass is 9.99. The number of phenols is 1. The topological polar surface area (TPSA) is 45.6 Å². The molecule has 1 N–H and O–H groups in total. The highest BCUT2D eigenvalue weighted by atomic mass is 16.5. The van der Waals surface area contributed by atoms with Crippen LogP contribution in [0.5, 0.6) is 11.6 Å². The summed E-state index contributed by atoms with van der Waals surface area (Å²) in [5.74, 6) is 1.69. The molecule has 2 aromatic rings. The van der Waals surface area contributed by atoms with Crippen molar-refractivity contribution in [3.63, 3.8) is 0 Å². The number of hydrogen-bond acceptors (Lipinski definition) is 4. The van der Waals surface area contributed by atoms with Crippen molar-refractivity contribution in [3.05, 3.63) is 42.0 Å². The van der Waals surface area contributed by atoms with E-state index in [1.54, 1.807) is 13.2 Å². The van der Waals surface area contributed by atoms with Crippen molar-refractivity contribution in [2.24, 2.45) is 5.92 Å². The van der Waals surface area contributed by atoms with Crippen molar-refractivity contribution in [1.82, 2.24) is 9.88 Å². The van der Waals surface area contributed by atoms with Gasteiger partial charge in [0.25, 0.3) is 0 Å². The van der Waals surface area contributed by atoms with Gasteiger partial charge in [0.05, 0.1) is 12.8 Å². The normalized spacial score (nSPS) is 18.8. The molecule has 0 amide bonds. The van der Waals surface area contributed by atoms with Crippen LogP contribution in [-0.4, -0.2) is 35.2 Å². The fourth-order valence-corrected chi connectivity index (χ4v) is 3.23. The zero-order valence-corrected chi connectivity index (χ0v) is 13.8. The maximum absolute atomic E-state index is 10.2. The molecule has 1 saturated heterocycles. The van der Waals surface area contributed by atoms with Gasteiger partial charge in [-0.15, -0.1) is 0 Å². The third kappa shape index (κ3) is 3.82. The number of nitrogens with zero attached hydrogens (tertiary/aromatic N) is 2. The van der Waals surface area contributed by atoms with Gasteiger partial charge in [-0.3, -0.25) is 4.90 Å². The van der Waals surface area contributed by atoms with Crippen LogP contribution in [0.15, 0.2) is 36.4 Å². The van der Waals surface area contributed by atoms with Crippen molar-refractivity contribution in [2.45, 2.75) is 26.3 Å². The summed E-state index contributed by atoms with van der Waals surface area (Å²) in [6, 6.07) is 11.4. The number of methoxy groups -OCH3 is 1. The summed E-state index contributed by atoms with van der Waals surface area (Å²) < 4.78 is 5.19. The lowest BCUT2D eigenvalue weighted by molar-refractivity contribution is 0.175. The molecule has 1 aliphatic heterocycles. The molecule has 1 unspecified atom stereocenters. The first-order chi connectivity index (χ1) is 11.2. The standard InChI is InChI=1S/C19H24N2O2/c1-14-5-4-10-21(12-14)13-16-11-15(8-9-18(16)22)17-6-3-7-19(20-17)23-2/h3,6-9,11,14,22H,4-5,10,12-13H2,1-2H3. The molecule has 0 spiro atoms. The van der Waals surface area contributed by atoms with Crippen LogP contribution < -0.4 is 4.74 Å². The number of benzene rings is 1. The molecular weight excluding hydrogens is 288 g/mol. The number of aromatic hydroxyl groups is 1. The largest absolute Gasteiger partial charge is 0.508 e. The molecule has 122 valence electrons. The Hall–Kier alpha value is -2.07. The predicted molar refractivity (Wildman–Crippen MR) is 91.6 cm³/mol. The van der Waals surface area contributed by atoms with Crippen LogP contribution in [0, 0.1) is 5.92 Å². The van der Waals surface area contributed by atoms with Gasteiger partial charge >= 0.3 is 0 Å². The lowest BCUT2D eigenvalue weighted by Gasteiger charge is -2.31. The van der Waals surface area contributed by atoms with E-state index in [2.05, 4.69) is 16.8 Å². The van der Waals surface area contributed by atoms with Crippen LogP contribution in [0.25, 0.3) is 11.3 Å². The van der Waals surface area contributed by atoms with Crippen LogP contribution in [0.3, 0.4) is 0 Å². The Morgan fingerprint density at radius 1 is 1.30 bits per heavy atom. The van der Waals surface area contributed by atoms with Gasteiger partial charge in [0, 0.05) is 30.3 Å². The number of piperidine rings is 1. The van der Waals surface area contributed by atoms with E-state index in [1.807, 2.05) is 30.3 Å². The molecule has 4 heteroatoms. The van der Waals surface area contributed by atoms with Crippen LogP contribution in [0.4, 0.5) is 0 Å². The van der Waals surface area contributed by atoms with Crippen LogP contribution in [0.2, 0.25) is 0 Å². The minimum absolute atomic E-state index is 0.356. The quantitative estimate of drug-likeness (QED) is 0.935. The Kier molecular flexibility index (Phi) is 4.82. The zero-order valence-electron chi connectivity index (χ0n) is 13.8. The predicted octanol–water partition coefficient (Wildman–Crippen LogP) is 3.69. The van der Waals surface area contributed by atoms with Crippen LogP contribution in [-0.2, 0) is 6.54 Å². The molecular formula is C19H24N2O2. The maximum atomic E-state index is 10.2. The van der Waals surface area contributed by atoms with Gasteiger partial charge in [0.1, 0.15) is 5.75 Å². The first-order valence-corrected chi connectivity index (χ1v) is 8.21. The highest BCUT2D eigenvalue weighted by Crippen LogP contribution is 2.28. The summed E-state index contributed by atoms with van der Waals surface area (Å²) >= 11 is 0. The average molecular weight is 312 g/mol. The van der Waals surface area contributed by atoms with E-state index in [1.165, 1.54) is 12.8 Å². The SMILES string of the molecule is COc1cccc(-c2ccc(O)c(CN3CCCC(C)C3)c2)n1. The van der Waals surface area contributed by atoms with Crippen molar-refractivity contribution >= 4 is 0 Å². The van der Waals surface area contributed by atoms with E-state index < -0.39 is 0 Å². The summed E-state index contributed by atoms with van der Waals surface area (Å²) in [7, 11) is 1.62. The lowest BCUT2D eigenvalue weighted by Crippen LogP contribution is -2.33. The van der Waals surface area contributed by atoms with Gasteiger partial charge in [-0.25, -0.2) is 4.98 Å². The third-order valence-corrected chi connectivity index (χ3v) is 4.44. The van der Waals surface area contributed by atoms with E-state index in [0.29, 0.717) is 11.6 Å². The van der Waals surface area contributed by atoms with Gasteiger partial charge in [-0.1, -0.05) is 13.0 Å². The maximum Gasteiger partial charge on any atom is 0.213 e. The van der Waals surface area contributed by atoms with Gasteiger partial charge in [-0.2, -0.15) is 0 Å². The third-order valence-electron chi connectivity index (χ3n) is 4.44. The molecule has 0 aliphatic carbocycles. The van der Waals surface area contributed by atoms with Crippen molar-refractivity contribution in [1.29, 1.82) is 0 Å². The Morgan fingerprint density at radius 3 is 2.96 bits per heavy atom. The highest BCUT2D eigenvalue weighted by molar-refractivity contribution is 5.62. The molecule has 0 bridgehead atoms. The summed E-state index contributed by atoms with van der Waals surface area (Å²) in [4.78, 5) is 6.90. The molecule has 1 aromatic heterocycles. The average Bonchev–Trinajstić information content (AvgIpc) is 2.57. The molecule has 0 radical (unpaired) electrons. The van der Waals surface area contributed by atoms with Crippen molar-refractivity contribution in [2.75, 3.05) is 20.2 Å². The molecule has 1 fully saturated rings. The second-order valence-electron chi connectivity index (χ2n) is 6.39. The summed E-state index contributed by atoms with van der Waals surface area (Å²) in [6.45, 7) is 5.28. The highest BCUT2D eigenvalue weighted by Gasteiger charge is 2.18. The Balaban J connectivity index is 1.83. The number of hydrogen-bond donors (Lipinski definition) is 1. The minimum atomic E-state index is 0.356. The molecule has 23 heavy (non-hydrogen) atoms. The number of pyridine rings is 1. The second-order valence-corrected chi connectivity index (χ2v) is 6.39. The summed E-state index contributed by atoms with van der Waals surface area (Å²) in [5.41, 5.74) is 2.82. The number of phenolic OH excluding ortho intramolecular Hbond substituents is 1. The number of ether oxygens (including phenoxy) is 1. The number of rotatable bonds is 4. The summed E-state index contributed by atoms with van der Waals surface area (Å²) in [6.07, 6.45) is 2.54. The van der Waals surface area contributed by atoms with E-state index >= 15 is 0 Å². The fourth-order valence-electron chi connectivity index (χ4n) is 3.23. The smallest absolute Gasteiger partial charge is 0.213 e. The first-order valence-electron chi connectivity index (χ1n) is 8.21. The van der Waals surface area contributed by atoms with E-state index in [-0.39, 0.29) is 0 Å². The molecule has 1 atom stereocenters. The molecule has 0 saturated carbocycles. The van der Waals surface area contributed by atoms with Crippen LogP contribution in [0.1, 0.15) is 25.3 Å². The zero-order chi connectivity index (χ0) is 16.2. The minimum Gasteiger partial charge on any atom is -0.508 e. The Morgan fingerprint density at radius 2 is 2.17 bits per heavy atom. The Bertz CT molecular complexity index is 672. The molecule has 1 aliphatic rings.